The van der Waals surface area contributed by atoms with Crippen LogP contribution in [-0.4, -0.2) is 5.78 Å². The van der Waals surface area contributed by atoms with Crippen LogP contribution in [-0.2, 0) is 12.8 Å². The van der Waals surface area contributed by atoms with Crippen molar-refractivity contribution in [2.45, 2.75) is 26.7 Å². The lowest BCUT2D eigenvalue weighted by Gasteiger charge is -2.10. The fraction of sp³-hybridized carbons (Fsp3) is 0.235. The van der Waals surface area contributed by atoms with Crippen LogP contribution in [0, 0.1) is 5.82 Å². The predicted octanol–water partition coefficient (Wildman–Crippen LogP) is 4.83. The van der Waals surface area contributed by atoms with Crippen LogP contribution in [0.2, 0.25) is 5.02 Å². The topological polar surface area (TPSA) is 17.1 Å². The van der Waals surface area contributed by atoms with E-state index in [4.69, 9.17) is 11.6 Å². The summed E-state index contributed by atoms with van der Waals surface area (Å²) in [4.78, 5) is 12.6. The third kappa shape index (κ3) is 2.75. The van der Waals surface area contributed by atoms with Gasteiger partial charge in [-0.05, 0) is 42.2 Å². The van der Waals surface area contributed by atoms with Gasteiger partial charge >= 0.3 is 0 Å². The van der Waals surface area contributed by atoms with Crippen molar-refractivity contribution >= 4 is 17.4 Å². The monoisotopic (exact) mass is 290 g/mol. The first-order valence-corrected chi connectivity index (χ1v) is 7.06. The van der Waals surface area contributed by atoms with E-state index in [-0.39, 0.29) is 16.4 Å². The smallest absolute Gasteiger partial charge is 0.196 e. The van der Waals surface area contributed by atoms with Crippen molar-refractivity contribution in [3.05, 3.63) is 69.5 Å². The summed E-state index contributed by atoms with van der Waals surface area (Å²) in [5.74, 6) is -0.958. The van der Waals surface area contributed by atoms with E-state index in [0.717, 1.165) is 24.0 Å². The van der Waals surface area contributed by atoms with Gasteiger partial charge in [0.2, 0.25) is 0 Å². The van der Waals surface area contributed by atoms with Gasteiger partial charge in [0.05, 0.1) is 10.6 Å². The highest BCUT2D eigenvalue weighted by Crippen LogP contribution is 2.23. The third-order valence-electron chi connectivity index (χ3n) is 3.40. The van der Waals surface area contributed by atoms with E-state index in [1.165, 1.54) is 12.1 Å². The number of aryl methyl sites for hydroxylation is 2. The first kappa shape index (κ1) is 14.7. The van der Waals surface area contributed by atoms with Crippen LogP contribution in [0.1, 0.15) is 40.9 Å². The molecule has 0 aromatic heterocycles. The summed E-state index contributed by atoms with van der Waals surface area (Å²) in [5, 5.41) is -0.0273. The van der Waals surface area contributed by atoms with Crippen LogP contribution in [0.15, 0.2) is 36.4 Å². The second kappa shape index (κ2) is 6.19. The fourth-order valence-electron chi connectivity index (χ4n) is 2.19. The number of ketones is 1. The summed E-state index contributed by atoms with van der Waals surface area (Å²) in [6, 6.07) is 10.3. The molecule has 0 fully saturated rings. The molecule has 0 atom stereocenters. The number of hydrogen-bond donors (Lipinski definition) is 0. The van der Waals surface area contributed by atoms with Crippen LogP contribution in [0.5, 0.6) is 0 Å². The van der Waals surface area contributed by atoms with Crippen LogP contribution < -0.4 is 0 Å². The van der Waals surface area contributed by atoms with Crippen LogP contribution in [0.3, 0.4) is 0 Å². The number of carbonyl (C=O) groups is 1. The largest absolute Gasteiger partial charge is 0.288 e. The predicted molar refractivity (Wildman–Crippen MR) is 80.0 cm³/mol. The number of benzene rings is 2. The minimum absolute atomic E-state index is 0.0273. The highest BCUT2D eigenvalue weighted by atomic mass is 35.5. The van der Waals surface area contributed by atoms with E-state index in [1.54, 1.807) is 6.07 Å². The van der Waals surface area contributed by atoms with Gasteiger partial charge < -0.3 is 0 Å². The summed E-state index contributed by atoms with van der Waals surface area (Å²) in [5.41, 5.74) is 2.58. The third-order valence-corrected chi connectivity index (χ3v) is 3.70. The van der Waals surface area contributed by atoms with Crippen molar-refractivity contribution in [2.75, 3.05) is 0 Å². The highest BCUT2D eigenvalue weighted by Gasteiger charge is 2.18. The summed E-state index contributed by atoms with van der Waals surface area (Å²) in [6.45, 7) is 4.00. The Morgan fingerprint density at radius 2 is 1.85 bits per heavy atom. The van der Waals surface area contributed by atoms with Crippen LogP contribution in [0.4, 0.5) is 4.39 Å². The molecule has 20 heavy (non-hydrogen) atoms. The van der Waals surface area contributed by atoms with Crippen molar-refractivity contribution in [1.82, 2.24) is 0 Å². The molecule has 2 rings (SSSR count). The Hall–Kier alpha value is -1.67. The minimum Gasteiger partial charge on any atom is -0.288 e. The molecule has 0 aliphatic carbocycles. The molecule has 0 radical (unpaired) electrons. The Morgan fingerprint density at radius 1 is 1.10 bits per heavy atom. The van der Waals surface area contributed by atoms with Crippen molar-refractivity contribution in [2.24, 2.45) is 0 Å². The molecule has 0 unspecified atom stereocenters. The molecule has 2 aromatic carbocycles. The molecule has 0 spiro atoms. The van der Waals surface area contributed by atoms with Gasteiger partial charge in [-0.25, -0.2) is 4.39 Å². The van der Waals surface area contributed by atoms with E-state index in [0.29, 0.717) is 5.56 Å². The van der Waals surface area contributed by atoms with Crippen LogP contribution in [0.25, 0.3) is 0 Å². The van der Waals surface area contributed by atoms with Crippen molar-refractivity contribution in [3.63, 3.8) is 0 Å². The second-order valence-electron chi connectivity index (χ2n) is 4.63. The zero-order valence-corrected chi connectivity index (χ0v) is 12.3. The molecule has 0 aliphatic heterocycles. The first-order valence-electron chi connectivity index (χ1n) is 6.69. The molecule has 1 nitrogen and oxygen atoms in total. The molecule has 0 saturated heterocycles. The van der Waals surface area contributed by atoms with Crippen molar-refractivity contribution in [3.8, 4) is 0 Å². The lowest BCUT2D eigenvalue weighted by molar-refractivity contribution is 0.103. The van der Waals surface area contributed by atoms with E-state index in [1.807, 2.05) is 32.0 Å². The van der Waals surface area contributed by atoms with Gasteiger partial charge in [-0.1, -0.05) is 43.6 Å². The zero-order valence-electron chi connectivity index (χ0n) is 11.5. The molecule has 0 bridgehead atoms. The van der Waals surface area contributed by atoms with E-state index < -0.39 is 5.82 Å². The minimum atomic E-state index is -0.650. The quantitative estimate of drug-likeness (QED) is 0.737. The SMILES string of the molecule is CCc1ccc(CC)c(C(=O)c2cccc(Cl)c2F)c1. The Bertz CT molecular complexity index is 649. The molecule has 0 amide bonds. The maximum absolute atomic E-state index is 14.0. The number of hydrogen-bond acceptors (Lipinski definition) is 1. The molecular formula is C17H16ClFO. The molecule has 0 saturated carbocycles. The number of rotatable bonds is 4. The Kier molecular flexibility index (Phi) is 4.56. The van der Waals surface area contributed by atoms with Gasteiger partial charge in [-0.15, -0.1) is 0 Å². The standard InChI is InChI=1S/C17H16ClFO/c1-3-11-8-9-12(4-2)14(10-11)17(20)13-6-5-7-15(18)16(13)19/h5-10H,3-4H2,1-2H3. The molecule has 0 aliphatic rings. The van der Waals surface area contributed by atoms with Gasteiger partial charge in [0.25, 0.3) is 0 Å². The molecule has 104 valence electrons. The zero-order chi connectivity index (χ0) is 14.7. The second-order valence-corrected chi connectivity index (χ2v) is 5.04. The molecule has 3 heteroatoms. The normalized spacial score (nSPS) is 10.6. The first-order chi connectivity index (χ1) is 9.58. The van der Waals surface area contributed by atoms with Crippen molar-refractivity contribution in [1.29, 1.82) is 0 Å². The van der Waals surface area contributed by atoms with Crippen molar-refractivity contribution < 1.29 is 9.18 Å². The number of halogens is 2. The maximum Gasteiger partial charge on any atom is 0.196 e. The lowest BCUT2D eigenvalue weighted by atomic mass is 9.94. The Morgan fingerprint density at radius 3 is 2.50 bits per heavy atom. The summed E-state index contributed by atoms with van der Waals surface area (Å²) in [7, 11) is 0. The Balaban J connectivity index is 2.55. The van der Waals surface area contributed by atoms with Gasteiger partial charge in [-0.3, -0.25) is 4.79 Å². The van der Waals surface area contributed by atoms with Gasteiger partial charge in [-0.2, -0.15) is 0 Å². The molecular weight excluding hydrogens is 275 g/mol. The average Bonchev–Trinajstić information content (AvgIpc) is 2.48. The van der Waals surface area contributed by atoms with Gasteiger partial charge in [0, 0.05) is 5.56 Å². The highest BCUT2D eigenvalue weighted by molar-refractivity contribution is 6.31. The molecule has 2 aromatic rings. The molecule has 0 heterocycles. The molecule has 0 N–H and O–H groups in total. The van der Waals surface area contributed by atoms with E-state index in [2.05, 4.69) is 0 Å². The average molecular weight is 291 g/mol. The van der Waals surface area contributed by atoms with Gasteiger partial charge in [0.15, 0.2) is 11.6 Å². The maximum atomic E-state index is 14.0. The summed E-state index contributed by atoms with van der Waals surface area (Å²) >= 11 is 5.75. The summed E-state index contributed by atoms with van der Waals surface area (Å²) < 4.78 is 14.0. The van der Waals surface area contributed by atoms with Gasteiger partial charge in [0.1, 0.15) is 0 Å². The lowest BCUT2D eigenvalue weighted by Crippen LogP contribution is -2.08. The fourth-order valence-corrected chi connectivity index (χ4v) is 2.36. The summed E-state index contributed by atoms with van der Waals surface area (Å²) in [6.07, 6.45) is 1.57. The van der Waals surface area contributed by atoms with Crippen LogP contribution >= 0.6 is 11.6 Å². The van der Waals surface area contributed by atoms with E-state index >= 15 is 0 Å². The van der Waals surface area contributed by atoms with E-state index in [9.17, 15) is 9.18 Å². The number of carbonyl (C=O) groups excluding carboxylic acids is 1. The Labute approximate surface area is 123 Å².